The van der Waals surface area contributed by atoms with Gasteiger partial charge in [-0.05, 0) is 12.1 Å². The van der Waals surface area contributed by atoms with Crippen molar-refractivity contribution in [3.8, 4) is 0 Å². The molecular formula is C10H11N2O2. The first-order valence-electron chi connectivity index (χ1n) is 4.58. The Labute approximate surface area is 82.5 Å². The molecular weight excluding hydrogens is 180 g/mol. The number of amides is 1. The fraction of sp³-hybridized carbons (Fsp3) is 0.400. The molecule has 1 radical (unpaired) electrons. The van der Waals surface area contributed by atoms with E-state index < -0.39 is 0 Å². The van der Waals surface area contributed by atoms with E-state index in [0.717, 1.165) is 5.69 Å². The molecule has 0 spiro atoms. The summed E-state index contributed by atoms with van der Waals surface area (Å²) in [5.74, 6) is 0.0931. The highest BCUT2D eigenvalue weighted by Gasteiger charge is 2.18. The molecule has 0 saturated carbocycles. The molecule has 0 unspecified atom stereocenters. The summed E-state index contributed by atoms with van der Waals surface area (Å²) in [4.78, 5) is 17.2. The number of carbonyl (C=O) groups excluding carboxylic acids is 1. The summed E-state index contributed by atoms with van der Waals surface area (Å²) in [5.41, 5.74) is 0.819. The molecule has 0 atom stereocenters. The zero-order chi connectivity index (χ0) is 9.80. The number of nitrogens with zero attached hydrogens (tertiary/aromatic N) is 2. The zero-order valence-corrected chi connectivity index (χ0v) is 7.77. The van der Waals surface area contributed by atoms with Crippen LogP contribution in [0.4, 0.5) is 5.69 Å². The number of ether oxygens (including phenoxy) is 1. The number of hydrogen-bond acceptors (Lipinski definition) is 3. The van der Waals surface area contributed by atoms with Gasteiger partial charge in [-0.1, -0.05) is 0 Å². The van der Waals surface area contributed by atoms with Crippen LogP contribution in [0.5, 0.6) is 0 Å². The smallest absolute Gasteiger partial charge is 0.229 e. The van der Waals surface area contributed by atoms with Crippen LogP contribution in [-0.4, -0.2) is 30.6 Å². The third-order valence-electron chi connectivity index (χ3n) is 2.13. The molecule has 0 aliphatic carbocycles. The van der Waals surface area contributed by atoms with E-state index in [1.165, 1.54) is 0 Å². The number of carbonyl (C=O) groups is 1. The van der Waals surface area contributed by atoms with E-state index in [2.05, 4.69) is 11.2 Å². The third kappa shape index (κ3) is 1.90. The average Bonchev–Trinajstić information content (AvgIpc) is 2.44. The summed E-state index contributed by atoms with van der Waals surface area (Å²) >= 11 is 0. The highest BCUT2D eigenvalue weighted by molar-refractivity contribution is 5.93. The van der Waals surface area contributed by atoms with Crippen LogP contribution in [0.25, 0.3) is 0 Å². The van der Waals surface area contributed by atoms with Gasteiger partial charge in [0.15, 0.2) is 0 Å². The average molecular weight is 191 g/mol. The van der Waals surface area contributed by atoms with Crippen molar-refractivity contribution in [2.24, 2.45) is 0 Å². The Kier molecular flexibility index (Phi) is 2.74. The number of aromatic nitrogens is 1. The van der Waals surface area contributed by atoms with Gasteiger partial charge in [0.1, 0.15) is 0 Å². The lowest BCUT2D eigenvalue weighted by Crippen LogP contribution is -2.31. The number of pyridine rings is 1. The Morgan fingerprint density at radius 2 is 2.43 bits per heavy atom. The Bertz CT molecular complexity index is 313. The van der Waals surface area contributed by atoms with Crippen molar-refractivity contribution in [2.75, 3.05) is 24.7 Å². The Morgan fingerprint density at radius 3 is 3.21 bits per heavy atom. The van der Waals surface area contributed by atoms with Crippen LogP contribution in [-0.2, 0) is 9.53 Å². The van der Waals surface area contributed by atoms with E-state index >= 15 is 0 Å². The van der Waals surface area contributed by atoms with Crippen LogP contribution in [0.3, 0.4) is 0 Å². The van der Waals surface area contributed by atoms with Crippen LogP contribution in [0.2, 0.25) is 0 Å². The molecule has 1 fully saturated rings. The van der Waals surface area contributed by atoms with E-state index in [0.29, 0.717) is 26.2 Å². The highest BCUT2D eigenvalue weighted by atomic mass is 16.5. The second-order valence-electron chi connectivity index (χ2n) is 3.05. The summed E-state index contributed by atoms with van der Waals surface area (Å²) in [6, 6.07) is 3.53. The Hall–Kier alpha value is -1.42. The first-order valence-corrected chi connectivity index (χ1v) is 4.58. The van der Waals surface area contributed by atoms with Crippen LogP contribution < -0.4 is 4.90 Å². The van der Waals surface area contributed by atoms with Gasteiger partial charge < -0.3 is 9.64 Å². The van der Waals surface area contributed by atoms with Gasteiger partial charge in [0.05, 0.1) is 37.7 Å². The monoisotopic (exact) mass is 191 g/mol. The van der Waals surface area contributed by atoms with E-state index in [1.54, 1.807) is 17.2 Å². The Balaban J connectivity index is 2.19. The molecule has 1 aromatic rings. The van der Waals surface area contributed by atoms with Crippen LogP contribution in [0.15, 0.2) is 18.3 Å². The molecule has 0 N–H and O–H groups in total. The van der Waals surface area contributed by atoms with Gasteiger partial charge >= 0.3 is 0 Å². The maximum absolute atomic E-state index is 11.6. The molecule has 14 heavy (non-hydrogen) atoms. The third-order valence-corrected chi connectivity index (χ3v) is 2.13. The normalized spacial score (nSPS) is 18.0. The minimum Gasteiger partial charge on any atom is -0.379 e. The molecule has 0 bridgehead atoms. The van der Waals surface area contributed by atoms with Crippen molar-refractivity contribution in [1.82, 2.24) is 4.98 Å². The quantitative estimate of drug-likeness (QED) is 0.654. The number of rotatable bonds is 1. The van der Waals surface area contributed by atoms with Crippen LogP contribution >= 0.6 is 0 Å². The van der Waals surface area contributed by atoms with E-state index in [1.807, 2.05) is 6.07 Å². The van der Waals surface area contributed by atoms with Crippen molar-refractivity contribution in [3.05, 3.63) is 24.5 Å². The van der Waals surface area contributed by atoms with Crippen molar-refractivity contribution < 1.29 is 9.53 Å². The van der Waals surface area contributed by atoms with Crippen LogP contribution in [0.1, 0.15) is 6.42 Å². The summed E-state index contributed by atoms with van der Waals surface area (Å²) in [5, 5.41) is 0. The van der Waals surface area contributed by atoms with Gasteiger partial charge in [-0.15, -0.1) is 0 Å². The van der Waals surface area contributed by atoms with Gasteiger partial charge in [-0.2, -0.15) is 0 Å². The largest absolute Gasteiger partial charge is 0.379 e. The van der Waals surface area contributed by atoms with E-state index in [9.17, 15) is 4.79 Å². The molecule has 0 aromatic carbocycles. The molecule has 1 saturated heterocycles. The predicted octanol–water partition coefficient (Wildman–Crippen LogP) is 0.635. The topological polar surface area (TPSA) is 42.4 Å². The molecule has 2 rings (SSSR count). The molecule has 1 amide bonds. The first kappa shape index (κ1) is 9.15. The van der Waals surface area contributed by atoms with Crippen molar-refractivity contribution >= 4 is 11.6 Å². The minimum atomic E-state index is 0.0931. The van der Waals surface area contributed by atoms with E-state index in [4.69, 9.17) is 4.74 Å². The molecule has 4 heteroatoms. The molecule has 1 aromatic heterocycles. The van der Waals surface area contributed by atoms with Gasteiger partial charge in [0.25, 0.3) is 0 Å². The van der Waals surface area contributed by atoms with Crippen molar-refractivity contribution in [2.45, 2.75) is 6.42 Å². The standard InChI is InChI=1S/C10H11N2O2/c13-10-3-6-14-7-5-12(10)9-2-1-4-11-8-9/h1-2,8H,3,5-7H2. The molecule has 2 heterocycles. The molecule has 1 aliphatic heterocycles. The Morgan fingerprint density at radius 1 is 1.50 bits per heavy atom. The minimum absolute atomic E-state index is 0.0931. The summed E-state index contributed by atoms with van der Waals surface area (Å²) < 4.78 is 5.23. The predicted molar refractivity (Wildman–Crippen MR) is 50.9 cm³/mol. The fourth-order valence-electron chi connectivity index (χ4n) is 1.42. The first-order chi connectivity index (χ1) is 6.88. The van der Waals surface area contributed by atoms with Gasteiger partial charge in [-0.25, -0.2) is 0 Å². The summed E-state index contributed by atoms with van der Waals surface area (Å²) in [6.07, 6.45) is 4.77. The summed E-state index contributed by atoms with van der Waals surface area (Å²) in [6.45, 7) is 1.70. The molecule has 73 valence electrons. The van der Waals surface area contributed by atoms with Crippen molar-refractivity contribution in [3.63, 3.8) is 0 Å². The fourth-order valence-corrected chi connectivity index (χ4v) is 1.42. The lowest BCUT2D eigenvalue weighted by molar-refractivity contribution is -0.118. The highest BCUT2D eigenvalue weighted by Crippen LogP contribution is 2.14. The second kappa shape index (κ2) is 4.19. The van der Waals surface area contributed by atoms with Crippen molar-refractivity contribution in [1.29, 1.82) is 0 Å². The van der Waals surface area contributed by atoms with Gasteiger partial charge in [0, 0.05) is 6.54 Å². The SMILES string of the molecule is O=C1CCOCCN1c1cc[c]nc1. The summed E-state index contributed by atoms with van der Waals surface area (Å²) in [7, 11) is 0. The van der Waals surface area contributed by atoms with Gasteiger partial charge in [-0.3, -0.25) is 9.78 Å². The zero-order valence-electron chi connectivity index (χ0n) is 7.77. The number of hydrogen-bond donors (Lipinski definition) is 0. The maximum atomic E-state index is 11.6. The lowest BCUT2D eigenvalue weighted by Gasteiger charge is -2.18. The second-order valence-corrected chi connectivity index (χ2v) is 3.05. The number of anilines is 1. The lowest BCUT2D eigenvalue weighted by atomic mass is 10.3. The van der Waals surface area contributed by atoms with Crippen LogP contribution in [0, 0.1) is 6.20 Å². The van der Waals surface area contributed by atoms with E-state index in [-0.39, 0.29) is 5.91 Å². The molecule has 1 aliphatic rings. The van der Waals surface area contributed by atoms with Gasteiger partial charge in [0.2, 0.25) is 5.91 Å². The maximum Gasteiger partial charge on any atom is 0.229 e. The molecule has 4 nitrogen and oxygen atoms in total.